The molecule has 166 valence electrons. The van der Waals surface area contributed by atoms with E-state index in [1.807, 2.05) is 6.07 Å². The number of nitrogens with one attached hydrogen (secondary N) is 2. The third-order valence-electron chi connectivity index (χ3n) is 4.23. The Bertz CT molecular complexity index is 1250. The molecule has 0 aliphatic rings. The molecule has 3 rings (SSSR count). The Kier molecular flexibility index (Phi) is 7.92. The van der Waals surface area contributed by atoms with Crippen molar-refractivity contribution < 1.29 is 19.4 Å². The van der Waals surface area contributed by atoms with Crippen molar-refractivity contribution in [3.05, 3.63) is 87.9 Å². The summed E-state index contributed by atoms with van der Waals surface area (Å²) in [6.45, 7) is -0.264. The summed E-state index contributed by atoms with van der Waals surface area (Å²) < 4.78 is 5.51. The van der Waals surface area contributed by atoms with E-state index in [0.717, 1.165) is 0 Å². The van der Waals surface area contributed by atoms with Gasteiger partial charge < -0.3 is 20.5 Å². The fourth-order valence-electron chi connectivity index (χ4n) is 2.67. The number of carbonyl (C=O) groups excluding carboxylic acids is 2. The van der Waals surface area contributed by atoms with Gasteiger partial charge in [0.1, 0.15) is 23.1 Å². The second-order valence-corrected chi connectivity index (χ2v) is 7.52. The summed E-state index contributed by atoms with van der Waals surface area (Å²) in [5.74, 6) is -0.563. The van der Waals surface area contributed by atoms with Gasteiger partial charge in [-0.05, 0) is 66.2 Å². The van der Waals surface area contributed by atoms with Crippen LogP contribution < -0.4 is 15.4 Å². The topological polar surface area (TPSA) is 111 Å². The van der Waals surface area contributed by atoms with Crippen LogP contribution in [0.2, 0.25) is 10.0 Å². The molecule has 0 spiro atoms. The van der Waals surface area contributed by atoms with Crippen LogP contribution in [0.1, 0.15) is 5.56 Å². The molecule has 0 radical (unpaired) electrons. The fourth-order valence-corrected chi connectivity index (χ4v) is 2.97. The second-order valence-electron chi connectivity index (χ2n) is 6.71. The summed E-state index contributed by atoms with van der Waals surface area (Å²) in [7, 11) is 0. The molecular weight excluding hydrogens is 465 g/mol. The highest BCUT2D eigenvalue weighted by molar-refractivity contribution is 6.42. The smallest absolute Gasteiger partial charge is 0.266 e. The number of anilines is 2. The van der Waals surface area contributed by atoms with Gasteiger partial charge >= 0.3 is 0 Å². The van der Waals surface area contributed by atoms with Crippen LogP contribution in [0, 0.1) is 11.3 Å². The van der Waals surface area contributed by atoms with Crippen LogP contribution in [0.25, 0.3) is 6.08 Å². The molecule has 3 N–H and O–H groups in total. The lowest BCUT2D eigenvalue weighted by Crippen LogP contribution is -2.20. The van der Waals surface area contributed by atoms with Crippen LogP contribution in [-0.4, -0.2) is 23.5 Å². The van der Waals surface area contributed by atoms with E-state index in [2.05, 4.69) is 10.6 Å². The highest BCUT2D eigenvalue weighted by Gasteiger charge is 2.11. The van der Waals surface area contributed by atoms with E-state index >= 15 is 0 Å². The number of hydrogen-bond donors (Lipinski definition) is 3. The van der Waals surface area contributed by atoms with Gasteiger partial charge in [-0.25, -0.2) is 0 Å². The van der Waals surface area contributed by atoms with Crippen molar-refractivity contribution in [2.75, 3.05) is 17.2 Å². The van der Waals surface area contributed by atoms with Gasteiger partial charge in [-0.15, -0.1) is 0 Å². The lowest BCUT2D eigenvalue weighted by atomic mass is 10.1. The van der Waals surface area contributed by atoms with Gasteiger partial charge in [0.2, 0.25) is 0 Å². The molecule has 0 aliphatic heterocycles. The zero-order valence-corrected chi connectivity index (χ0v) is 18.5. The van der Waals surface area contributed by atoms with E-state index in [9.17, 15) is 20.0 Å². The maximum absolute atomic E-state index is 12.4. The van der Waals surface area contributed by atoms with Crippen molar-refractivity contribution in [1.29, 1.82) is 5.26 Å². The van der Waals surface area contributed by atoms with E-state index in [0.29, 0.717) is 32.7 Å². The quantitative estimate of drug-likeness (QED) is 0.242. The predicted octanol–water partition coefficient (Wildman–Crippen LogP) is 5.26. The van der Waals surface area contributed by atoms with Crippen LogP contribution in [-0.2, 0) is 9.59 Å². The van der Waals surface area contributed by atoms with Crippen LogP contribution in [0.4, 0.5) is 11.4 Å². The average Bonchev–Trinajstić information content (AvgIpc) is 2.80. The SMILES string of the molecule is N#C/C(=C\c1cccc(OCC(=O)Nc2ccc(Cl)c(Cl)c2)c1)C(=O)Nc1ccc(O)cc1. The maximum Gasteiger partial charge on any atom is 0.266 e. The highest BCUT2D eigenvalue weighted by atomic mass is 35.5. The van der Waals surface area contributed by atoms with Crippen molar-refractivity contribution in [3.8, 4) is 17.6 Å². The number of carbonyl (C=O) groups is 2. The van der Waals surface area contributed by atoms with E-state index in [-0.39, 0.29) is 17.9 Å². The van der Waals surface area contributed by atoms with Gasteiger partial charge in [0.25, 0.3) is 11.8 Å². The molecule has 33 heavy (non-hydrogen) atoms. The Morgan fingerprint density at radius 1 is 0.970 bits per heavy atom. The van der Waals surface area contributed by atoms with Gasteiger partial charge in [0.15, 0.2) is 6.61 Å². The Morgan fingerprint density at radius 2 is 1.70 bits per heavy atom. The monoisotopic (exact) mass is 481 g/mol. The first-order chi connectivity index (χ1) is 15.8. The molecule has 0 atom stereocenters. The van der Waals surface area contributed by atoms with Gasteiger partial charge in [-0.3, -0.25) is 9.59 Å². The van der Waals surface area contributed by atoms with Gasteiger partial charge in [0.05, 0.1) is 10.0 Å². The van der Waals surface area contributed by atoms with E-state index in [4.69, 9.17) is 27.9 Å². The molecule has 9 heteroatoms. The van der Waals surface area contributed by atoms with Crippen LogP contribution in [0.3, 0.4) is 0 Å². The highest BCUT2D eigenvalue weighted by Crippen LogP contribution is 2.25. The molecule has 7 nitrogen and oxygen atoms in total. The summed E-state index contributed by atoms with van der Waals surface area (Å²) in [5.41, 5.74) is 1.32. The molecule has 0 heterocycles. The first-order valence-electron chi connectivity index (χ1n) is 9.54. The maximum atomic E-state index is 12.4. The first kappa shape index (κ1) is 23.7. The summed E-state index contributed by atoms with van der Waals surface area (Å²) in [4.78, 5) is 24.5. The van der Waals surface area contributed by atoms with Crippen LogP contribution in [0.15, 0.2) is 72.3 Å². The lowest BCUT2D eigenvalue weighted by Gasteiger charge is -2.09. The molecule has 3 aromatic carbocycles. The Hall–Kier alpha value is -3.99. The average molecular weight is 482 g/mol. The Morgan fingerprint density at radius 3 is 2.39 bits per heavy atom. The summed E-state index contributed by atoms with van der Waals surface area (Å²) in [5, 5.41) is 24.6. The van der Waals surface area contributed by atoms with Crippen molar-refractivity contribution >= 4 is 52.5 Å². The largest absolute Gasteiger partial charge is 0.508 e. The number of phenols is 1. The van der Waals surface area contributed by atoms with Crippen molar-refractivity contribution in [2.45, 2.75) is 0 Å². The molecule has 3 aromatic rings. The van der Waals surface area contributed by atoms with Gasteiger partial charge in [-0.1, -0.05) is 35.3 Å². The minimum atomic E-state index is -0.601. The van der Waals surface area contributed by atoms with E-state index in [1.165, 1.54) is 36.4 Å². The number of rotatable bonds is 7. The van der Waals surface area contributed by atoms with E-state index in [1.54, 1.807) is 36.4 Å². The number of phenolic OH excluding ortho intramolecular Hbond substituents is 1. The number of halogens is 2. The summed E-state index contributed by atoms with van der Waals surface area (Å²) in [6, 6.07) is 19.0. The number of hydrogen-bond acceptors (Lipinski definition) is 5. The second kappa shape index (κ2) is 11.0. The molecule has 0 aliphatic carbocycles. The third kappa shape index (κ3) is 7.01. The fraction of sp³-hybridized carbons (Fsp3) is 0.0417. The molecule has 0 saturated heterocycles. The first-order valence-corrected chi connectivity index (χ1v) is 10.3. The normalized spacial score (nSPS) is 10.8. The number of nitriles is 1. The van der Waals surface area contributed by atoms with Crippen LogP contribution in [0.5, 0.6) is 11.5 Å². The zero-order valence-electron chi connectivity index (χ0n) is 17.0. The summed E-state index contributed by atoms with van der Waals surface area (Å²) >= 11 is 11.8. The number of benzene rings is 3. The minimum Gasteiger partial charge on any atom is -0.508 e. The number of nitrogens with zero attached hydrogens (tertiary/aromatic N) is 1. The molecule has 0 aromatic heterocycles. The van der Waals surface area contributed by atoms with E-state index < -0.39 is 11.8 Å². The Balaban J connectivity index is 1.62. The van der Waals surface area contributed by atoms with Gasteiger partial charge in [-0.2, -0.15) is 5.26 Å². The number of aromatic hydroxyl groups is 1. The molecule has 0 fully saturated rings. The third-order valence-corrected chi connectivity index (χ3v) is 4.97. The summed E-state index contributed by atoms with van der Waals surface area (Å²) in [6.07, 6.45) is 1.40. The van der Waals surface area contributed by atoms with Crippen molar-refractivity contribution in [1.82, 2.24) is 0 Å². The zero-order chi connectivity index (χ0) is 23.8. The molecule has 2 amide bonds. The number of ether oxygens (including phenoxy) is 1. The number of amides is 2. The van der Waals surface area contributed by atoms with Crippen LogP contribution >= 0.6 is 23.2 Å². The molecule has 0 bridgehead atoms. The molecular formula is C24H17Cl2N3O4. The Labute approximate surface area is 199 Å². The van der Waals surface area contributed by atoms with Gasteiger partial charge in [0, 0.05) is 11.4 Å². The standard InChI is InChI=1S/C24H17Cl2N3O4/c25-21-9-6-18(12-22(21)26)28-23(31)14-33-20-3-1-2-15(11-20)10-16(13-27)24(32)29-17-4-7-19(30)8-5-17/h1-12,30H,14H2,(H,28,31)(H,29,32)/b16-10+. The van der Waals surface area contributed by atoms with Crippen molar-refractivity contribution in [2.24, 2.45) is 0 Å². The minimum absolute atomic E-state index is 0.0616. The molecule has 0 unspecified atom stereocenters. The lowest BCUT2D eigenvalue weighted by molar-refractivity contribution is -0.118. The predicted molar refractivity (Wildman–Crippen MR) is 127 cm³/mol. The molecule has 0 saturated carbocycles. The van der Waals surface area contributed by atoms with Crippen molar-refractivity contribution in [3.63, 3.8) is 0 Å².